The fraction of sp³-hybridized carbons (Fsp3) is 0.333. The number of hydrogen-bond acceptors (Lipinski definition) is 4. The van der Waals surface area contributed by atoms with Crippen LogP contribution in [0, 0.1) is 0 Å². The van der Waals surface area contributed by atoms with Crippen molar-refractivity contribution < 1.29 is 27.7 Å². The van der Waals surface area contributed by atoms with Crippen molar-refractivity contribution >= 4 is 33.6 Å². The number of carbonyl (C=O) groups excluding carboxylic acids is 1. The Labute approximate surface area is 126 Å². The molecule has 1 aromatic rings. The van der Waals surface area contributed by atoms with Gasteiger partial charge in [0, 0.05) is 6.42 Å². The third kappa shape index (κ3) is 6.56. The topological polar surface area (TPSA) is 121 Å². The van der Waals surface area contributed by atoms with Crippen molar-refractivity contribution in [1.29, 1.82) is 0 Å². The molecule has 0 bridgehead atoms. The number of alkyl halides is 1. The zero-order chi connectivity index (χ0) is 16.0. The summed E-state index contributed by atoms with van der Waals surface area (Å²) in [6.07, 6.45) is -0.221. The Hall–Kier alpha value is -1.64. The van der Waals surface area contributed by atoms with Crippen molar-refractivity contribution in [2.75, 3.05) is 5.75 Å². The largest absolute Gasteiger partial charge is 0.480 e. The van der Waals surface area contributed by atoms with Crippen LogP contribution in [0.2, 0.25) is 0 Å². The van der Waals surface area contributed by atoms with Gasteiger partial charge in [-0.25, -0.2) is 4.79 Å². The first-order valence-electron chi connectivity index (χ1n) is 5.85. The number of rotatable bonds is 7. The highest BCUT2D eigenvalue weighted by Crippen LogP contribution is 2.23. The van der Waals surface area contributed by atoms with Gasteiger partial charge in [-0.1, -0.05) is 30.3 Å². The monoisotopic (exact) mass is 335 g/mol. The first kappa shape index (κ1) is 17.4. The van der Waals surface area contributed by atoms with Crippen LogP contribution in [0.4, 0.5) is 0 Å². The quantitative estimate of drug-likeness (QED) is 0.501. The number of carboxylic acid groups (broad SMARTS) is 1. The van der Waals surface area contributed by atoms with E-state index in [9.17, 15) is 18.0 Å². The molecular weight excluding hydrogens is 322 g/mol. The van der Waals surface area contributed by atoms with Gasteiger partial charge in [0.1, 0.15) is 11.8 Å². The highest BCUT2D eigenvalue weighted by atomic mass is 35.5. The van der Waals surface area contributed by atoms with Crippen molar-refractivity contribution in [2.45, 2.75) is 17.8 Å². The predicted molar refractivity (Wildman–Crippen MR) is 75.6 cm³/mol. The molecule has 0 saturated carbocycles. The van der Waals surface area contributed by atoms with E-state index in [-0.39, 0.29) is 6.42 Å². The van der Waals surface area contributed by atoms with Gasteiger partial charge in [-0.05, 0) is 5.56 Å². The summed E-state index contributed by atoms with van der Waals surface area (Å²) in [4.78, 5) is 22.5. The van der Waals surface area contributed by atoms with Gasteiger partial charge in [-0.15, -0.1) is 11.6 Å². The van der Waals surface area contributed by atoms with E-state index >= 15 is 0 Å². The molecule has 3 N–H and O–H groups in total. The van der Waals surface area contributed by atoms with E-state index in [1.807, 2.05) is 5.32 Å². The molecule has 0 aromatic heterocycles. The highest BCUT2D eigenvalue weighted by molar-refractivity contribution is 7.85. The minimum atomic E-state index is -4.52. The molecule has 21 heavy (non-hydrogen) atoms. The van der Waals surface area contributed by atoms with Gasteiger partial charge in [0.25, 0.3) is 10.1 Å². The van der Waals surface area contributed by atoms with Crippen molar-refractivity contribution in [1.82, 2.24) is 5.32 Å². The van der Waals surface area contributed by atoms with Crippen molar-refractivity contribution in [3.63, 3.8) is 0 Å². The maximum atomic E-state index is 11.7. The second-order valence-corrected chi connectivity index (χ2v) is 6.31. The summed E-state index contributed by atoms with van der Waals surface area (Å²) < 4.78 is 30.0. The molecule has 116 valence electrons. The predicted octanol–water partition coefficient (Wildman–Crippen LogP) is 0.814. The van der Waals surface area contributed by atoms with Crippen molar-refractivity contribution in [3.8, 4) is 0 Å². The van der Waals surface area contributed by atoms with Gasteiger partial charge in [0.05, 0.1) is 5.38 Å². The van der Waals surface area contributed by atoms with Crippen LogP contribution >= 0.6 is 11.6 Å². The Morgan fingerprint density at radius 2 is 1.81 bits per heavy atom. The molecule has 1 amide bonds. The summed E-state index contributed by atoms with van der Waals surface area (Å²) >= 11 is 6.02. The van der Waals surface area contributed by atoms with Crippen LogP contribution in [0.3, 0.4) is 0 Å². The molecule has 0 spiro atoms. The minimum Gasteiger partial charge on any atom is -0.480 e. The standard InChI is InChI=1S/C12H14ClNO6S/c13-9(8-4-2-1-3-5-8)6-11(15)14-10(12(16)17)7-21(18,19)20/h1-5,9-10H,6-7H2,(H,14,15)(H,16,17)(H,18,19,20)/t9?,10-/m0/s1. The van der Waals surface area contributed by atoms with E-state index < -0.39 is 39.2 Å². The summed E-state index contributed by atoms with van der Waals surface area (Å²) in [5.41, 5.74) is 0.677. The average Bonchev–Trinajstić information content (AvgIpc) is 2.37. The van der Waals surface area contributed by atoms with E-state index in [1.165, 1.54) is 0 Å². The highest BCUT2D eigenvalue weighted by Gasteiger charge is 2.26. The van der Waals surface area contributed by atoms with E-state index in [1.54, 1.807) is 30.3 Å². The van der Waals surface area contributed by atoms with Gasteiger partial charge in [0.15, 0.2) is 0 Å². The molecule has 0 aliphatic heterocycles. The fourth-order valence-corrected chi connectivity index (χ4v) is 2.51. The molecule has 0 fully saturated rings. The summed E-state index contributed by atoms with van der Waals surface area (Å²) in [6.45, 7) is 0. The Bertz CT molecular complexity index is 603. The maximum absolute atomic E-state index is 11.7. The van der Waals surface area contributed by atoms with Crippen molar-refractivity contribution in [3.05, 3.63) is 35.9 Å². The van der Waals surface area contributed by atoms with Gasteiger partial charge in [-0.3, -0.25) is 9.35 Å². The van der Waals surface area contributed by atoms with Crippen LogP contribution < -0.4 is 5.32 Å². The SMILES string of the molecule is O=C(CC(Cl)c1ccccc1)N[C@@H](CS(=O)(=O)O)C(=O)O. The first-order chi connectivity index (χ1) is 9.69. The number of aliphatic carboxylic acids is 1. The Balaban J connectivity index is 2.64. The third-order valence-corrected chi connectivity index (χ3v) is 3.70. The molecule has 0 radical (unpaired) electrons. The van der Waals surface area contributed by atoms with E-state index in [0.29, 0.717) is 5.56 Å². The zero-order valence-corrected chi connectivity index (χ0v) is 12.3. The summed E-state index contributed by atoms with van der Waals surface area (Å²) in [5.74, 6) is -3.39. The van der Waals surface area contributed by atoms with Crippen LogP contribution in [0.1, 0.15) is 17.4 Å². The number of carboxylic acids is 1. The summed E-state index contributed by atoms with van der Waals surface area (Å²) in [6, 6.07) is 6.93. The molecule has 0 saturated heterocycles. The summed E-state index contributed by atoms with van der Waals surface area (Å²) in [7, 11) is -4.52. The Kier molecular flexibility index (Phi) is 6.13. The minimum absolute atomic E-state index is 0.221. The molecule has 9 heteroatoms. The second-order valence-electron chi connectivity index (χ2n) is 4.29. The van der Waals surface area contributed by atoms with E-state index in [0.717, 1.165) is 0 Å². The molecule has 0 aliphatic rings. The van der Waals surface area contributed by atoms with Crippen LogP contribution in [0.15, 0.2) is 30.3 Å². The fourth-order valence-electron chi connectivity index (χ4n) is 1.58. The smallest absolute Gasteiger partial charge is 0.327 e. The number of benzene rings is 1. The molecule has 0 aliphatic carbocycles. The third-order valence-electron chi connectivity index (χ3n) is 2.54. The number of amides is 1. The first-order valence-corrected chi connectivity index (χ1v) is 7.90. The number of carbonyl (C=O) groups is 2. The lowest BCUT2D eigenvalue weighted by Gasteiger charge is -2.15. The Morgan fingerprint density at radius 3 is 2.29 bits per heavy atom. The lowest BCUT2D eigenvalue weighted by molar-refractivity contribution is -0.141. The number of nitrogens with one attached hydrogen (secondary N) is 1. The van der Waals surface area contributed by atoms with Gasteiger partial charge < -0.3 is 10.4 Å². The normalized spacial score (nSPS) is 14.2. The van der Waals surface area contributed by atoms with Gasteiger partial charge >= 0.3 is 5.97 Å². The zero-order valence-electron chi connectivity index (χ0n) is 10.8. The van der Waals surface area contributed by atoms with Crippen LogP contribution in [-0.2, 0) is 19.7 Å². The van der Waals surface area contributed by atoms with Gasteiger partial charge in [-0.2, -0.15) is 8.42 Å². The lowest BCUT2D eigenvalue weighted by atomic mass is 10.1. The van der Waals surface area contributed by atoms with Gasteiger partial charge in [0.2, 0.25) is 5.91 Å². The van der Waals surface area contributed by atoms with Crippen molar-refractivity contribution in [2.24, 2.45) is 0 Å². The second kappa shape index (κ2) is 7.39. The van der Waals surface area contributed by atoms with Crippen LogP contribution in [0.25, 0.3) is 0 Å². The summed E-state index contributed by atoms with van der Waals surface area (Å²) in [5, 5.41) is 10.2. The Morgan fingerprint density at radius 1 is 1.24 bits per heavy atom. The molecule has 1 unspecified atom stereocenters. The maximum Gasteiger partial charge on any atom is 0.327 e. The molecule has 1 aromatic carbocycles. The van der Waals surface area contributed by atoms with E-state index in [2.05, 4.69) is 0 Å². The number of hydrogen-bond donors (Lipinski definition) is 3. The average molecular weight is 336 g/mol. The molecule has 0 heterocycles. The molecule has 2 atom stereocenters. The van der Waals surface area contributed by atoms with Crippen LogP contribution in [0.5, 0.6) is 0 Å². The molecular formula is C12H14ClNO6S. The molecule has 1 rings (SSSR count). The number of halogens is 1. The van der Waals surface area contributed by atoms with E-state index in [4.69, 9.17) is 21.3 Å². The molecule has 7 nitrogen and oxygen atoms in total. The van der Waals surface area contributed by atoms with Crippen LogP contribution in [-0.4, -0.2) is 41.7 Å². The lowest BCUT2D eigenvalue weighted by Crippen LogP contribution is -2.45.